The van der Waals surface area contributed by atoms with Gasteiger partial charge in [0.05, 0.1) is 16.3 Å². The van der Waals surface area contributed by atoms with Gasteiger partial charge in [0.25, 0.3) is 5.91 Å². The fourth-order valence-corrected chi connectivity index (χ4v) is 3.44. The number of thiazole rings is 1. The van der Waals surface area contributed by atoms with Crippen LogP contribution in [0.2, 0.25) is 0 Å². The lowest BCUT2D eigenvalue weighted by molar-refractivity contribution is -0.123. The Kier molecular flexibility index (Phi) is 6.03. The first-order valence-corrected chi connectivity index (χ1v) is 10.4. The normalized spacial score (nSPS) is 12.8. The molecular formula is C22H20N2O6S. The Hall–Kier alpha value is -3.59. The van der Waals surface area contributed by atoms with Crippen LogP contribution < -0.4 is 19.5 Å². The van der Waals surface area contributed by atoms with Crippen LogP contribution in [0.25, 0.3) is 0 Å². The van der Waals surface area contributed by atoms with Crippen molar-refractivity contribution in [2.75, 3.05) is 12.1 Å². The van der Waals surface area contributed by atoms with Gasteiger partial charge in [-0.05, 0) is 44.2 Å². The first kappa shape index (κ1) is 20.7. The Balaban J connectivity index is 1.33. The van der Waals surface area contributed by atoms with Gasteiger partial charge >= 0.3 is 5.97 Å². The third kappa shape index (κ3) is 5.13. The number of carbonyl (C=O) groups excluding carboxylic acids is 2. The summed E-state index contributed by atoms with van der Waals surface area (Å²) in [5.41, 5.74) is 1.63. The predicted octanol–water partition coefficient (Wildman–Crippen LogP) is 3.94. The first-order valence-electron chi connectivity index (χ1n) is 9.53. The van der Waals surface area contributed by atoms with Crippen molar-refractivity contribution in [2.24, 2.45) is 0 Å². The number of rotatable bonds is 7. The third-order valence-corrected chi connectivity index (χ3v) is 5.24. The zero-order valence-electron chi connectivity index (χ0n) is 16.9. The minimum atomic E-state index is -1.000. The second kappa shape index (κ2) is 9.05. The van der Waals surface area contributed by atoms with Crippen molar-refractivity contribution in [3.05, 3.63) is 64.1 Å². The average molecular weight is 440 g/mol. The molecule has 1 amide bonds. The molecule has 1 aromatic heterocycles. The van der Waals surface area contributed by atoms with Gasteiger partial charge in [-0.25, -0.2) is 9.78 Å². The summed E-state index contributed by atoms with van der Waals surface area (Å²) in [6.45, 7) is 3.88. The lowest BCUT2D eigenvalue weighted by Crippen LogP contribution is -2.30. The van der Waals surface area contributed by atoms with Crippen molar-refractivity contribution < 1.29 is 28.5 Å². The van der Waals surface area contributed by atoms with Gasteiger partial charge in [0.15, 0.2) is 17.6 Å². The molecule has 1 atom stereocenters. The fourth-order valence-electron chi connectivity index (χ4n) is 2.84. The number of amides is 1. The number of benzene rings is 2. The van der Waals surface area contributed by atoms with E-state index in [0.29, 0.717) is 29.5 Å². The molecule has 0 spiro atoms. The van der Waals surface area contributed by atoms with Crippen molar-refractivity contribution in [2.45, 2.75) is 26.6 Å². The topological polar surface area (TPSA) is 96.0 Å². The number of nitrogens with zero attached hydrogens (tertiary/aromatic N) is 1. The molecule has 9 heteroatoms. The molecule has 8 nitrogen and oxygen atoms in total. The minimum Gasteiger partial charge on any atom is -0.487 e. The number of fused-ring (bicyclic) bond motifs is 1. The first-order chi connectivity index (χ1) is 15.0. The number of carbonyl (C=O) groups is 2. The van der Waals surface area contributed by atoms with Crippen molar-refractivity contribution in [3.63, 3.8) is 0 Å². The molecule has 4 rings (SSSR count). The van der Waals surface area contributed by atoms with Crippen LogP contribution in [-0.4, -0.2) is 29.8 Å². The number of hydrogen-bond donors (Lipinski definition) is 1. The molecule has 1 aliphatic heterocycles. The summed E-state index contributed by atoms with van der Waals surface area (Å²) in [5, 5.41) is 5.58. The van der Waals surface area contributed by atoms with E-state index in [1.54, 1.807) is 53.8 Å². The molecular weight excluding hydrogens is 420 g/mol. The summed E-state index contributed by atoms with van der Waals surface area (Å²) in [4.78, 5) is 29.2. The molecule has 1 N–H and O–H groups in total. The zero-order chi connectivity index (χ0) is 21.8. The Labute approximate surface area is 182 Å². The molecule has 0 saturated heterocycles. The molecule has 0 bridgehead atoms. The highest BCUT2D eigenvalue weighted by Crippen LogP contribution is 2.34. The summed E-state index contributed by atoms with van der Waals surface area (Å²) >= 11 is 1.55. The molecule has 2 heterocycles. The van der Waals surface area contributed by atoms with Crippen molar-refractivity contribution in [3.8, 4) is 17.2 Å². The molecule has 0 aliphatic carbocycles. The number of aryl methyl sites for hydroxylation is 1. The molecule has 1 unspecified atom stereocenters. The van der Waals surface area contributed by atoms with Crippen LogP contribution in [-0.2, 0) is 16.1 Å². The molecule has 2 aromatic carbocycles. The van der Waals surface area contributed by atoms with Gasteiger partial charge in [-0.2, -0.15) is 0 Å². The Morgan fingerprint density at radius 3 is 2.84 bits per heavy atom. The molecule has 1 aliphatic rings. The summed E-state index contributed by atoms with van der Waals surface area (Å²) in [5.74, 6) is 0.593. The highest BCUT2D eigenvalue weighted by molar-refractivity contribution is 7.09. The van der Waals surface area contributed by atoms with Crippen molar-refractivity contribution in [1.29, 1.82) is 0 Å². The summed E-state index contributed by atoms with van der Waals surface area (Å²) in [6.07, 6.45) is -1.000. The second-order valence-corrected chi connectivity index (χ2v) is 7.84. The second-order valence-electron chi connectivity index (χ2n) is 6.78. The van der Waals surface area contributed by atoms with Gasteiger partial charge in [-0.3, -0.25) is 4.79 Å². The van der Waals surface area contributed by atoms with Crippen LogP contribution >= 0.6 is 11.3 Å². The molecule has 160 valence electrons. The van der Waals surface area contributed by atoms with Gasteiger partial charge in [-0.1, -0.05) is 6.07 Å². The van der Waals surface area contributed by atoms with Gasteiger partial charge in [0.2, 0.25) is 6.79 Å². The molecule has 0 saturated carbocycles. The van der Waals surface area contributed by atoms with Gasteiger partial charge in [0.1, 0.15) is 12.4 Å². The minimum absolute atomic E-state index is 0.146. The fraction of sp³-hybridized carbons (Fsp3) is 0.227. The maximum Gasteiger partial charge on any atom is 0.339 e. The monoisotopic (exact) mass is 440 g/mol. The number of ether oxygens (including phenoxy) is 4. The van der Waals surface area contributed by atoms with E-state index in [0.717, 1.165) is 10.7 Å². The lowest BCUT2D eigenvalue weighted by atomic mass is 10.2. The van der Waals surface area contributed by atoms with E-state index in [9.17, 15) is 9.59 Å². The Morgan fingerprint density at radius 2 is 2.03 bits per heavy atom. The standard InChI is InChI=1S/C22H20N2O6S/c1-13(21(25)24-16-6-7-19-20(9-16)29-12-28-19)30-22(26)15-4-3-5-18(8-15)27-10-17-11-31-14(2)23-17/h3-9,11,13H,10,12H2,1-2H3,(H,24,25). The van der Waals surface area contributed by atoms with E-state index in [1.165, 1.54) is 6.92 Å². The van der Waals surface area contributed by atoms with Crippen LogP contribution in [0, 0.1) is 6.92 Å². The highest BCUT2D eigenvalue weighted by atomic mass is 32.1. The third-order valence-electron chi connectivity index (χ3n) is 4.42. The summed E-state index contributed by atoms with van der Waals surface area (Å²) in [7, 11) is 0. The van der Waals surface area contributed by atoms with Crippen LogP contribution in [0.4, 0.5) is 5.69 Å². The quantitative estimate of drug-likeness (QED) is 0.556. The van der Waals surface area contributed by atoms with Crippen LogP contribution in [0.15, 0.2) is 47.8 Å². The smallest absolute Gasteiger partial charge is 0.339 e. The number of hydrogen-bond acceptors (Lipinski definition) is 8. The predicted molar refractivity (Wildman–Crippen MR) is 114 cm³/mol. The van der Waals surface area contributed by atoms with Gasteiger partial charge in [0, 0.05) is 17.1 Å². The van der Waals surface area contributed by atoms with Crippen molar-refractivity contribution in [1.82, 2.24) is 4.98 Å². The van der Waals surface area contributed by atoms with Crippen LogP contribution in [0.5, 0.6) is 17.2 Å². The molecule has 3 aromatic rings. The largest absolute Gasteiger partial charge is 0.487 e. The number of anilines is 1. The number of nitrogens with one attached hydrogen (secondary N) is 1. The Bertz CT molecular complexity index is 1110. The van der Waals surface area contributed by atoms with Crippen LogP contribution in [0.3, 0.4) is 0 Å². The summed E-state index contributed by atoms with van der Waals surface area (Å²) in [6, 6.07) is 11.6. The maximum atomic E-state index is 12.5. The van der Waals surface area contributed by atoms with Gasteiger partial charge < -0.3 is 24.3 Å². The van der Waals surface area contributed by atoms with Gasteiger partial charge in [-0.15, -0.1) is 11.3 Å². The van der Waals surface area contributed by atoms with E-state index >= 15 is 0 Å². The molecule has 0 fully saturated rings. The molecule has 31 heavy (non-hydrogen) atoms. The van der Waals surface area contributed by atoms with Crippen LogP contribution in [0.1, 0.15) is 28.0 Å². The van der Waals surface area contributed by atoms with E-state index < -0.39 is 18.0 Å². The number of esters is 1. The summed E-state index contributed by atoms with van der Waals surface area (Å²) < 4.78 is 21.5. The maximum absolute atomic E-state index is 12.5. The average Bonchev–Trinajstić information content (AvgIpc) is 3.40. The Morgan fingerprint density at radius 1 is 1.19 bits per heavy atom. The SMILES string of the molecule is Cc1nc(COc2cccc(C(=O)OC(C)C(=O)Nc3ccc4c(c3)OCO4)c2)cs1. The van der Waals surface area contributed by atoms with Crippen molar-refractivity contribution >= 4 is 28.9 Å². The highest BCUT2D eigenvalue weighted by Gasteiger charge is 2.21. The van der Waals surface area contributed by atoms with E-state index in [1.807, 2.05) is 12.3 Å². The zero-order valence-corrected chi connectivity index (χ0v) is 17.7. The van der Waals surface area contributed by atoms with E-state index in [-0.39, 0.29) is 12.4 Å². The number of aromatic nitrogens is 1. The molecule has 0 radical (unpaired) electrons. The lowest BCUT2D eigenvalue weighted by Gasteiger charge is -2.14. The van der Waals surface area contributed by atoms with E-state index in [2.05, 4.69) is 10.3 Å². The van der Waals surface area contributed by atoms with E-state index in [4.69, 9.17) is 18.9 Å².